The van der Waals surface area contributed by atoms with Crippen LogP contribution < -0.4 is 4.74 Å². The van der Waals surface area contributed by atoms with Crippen molar-refractivity contribution in [1.82, 2.24) is 9.91 Å². The lowest BCUT2D eigenvalue weighted by molar-refractivity contribution is -0.186. The van der Waals surface area contributed by atoms with E-state index in [-0.39, 0.29) is 11.9 Å². The fourth-order valence-corrected chi connectivity index (χ4v) is 4.97. The third kappa shape index (κ3) is 4.87. The minimum Gasteiger partial charge on any atom is -0.494 e. The number of hydrogen-bond donors (Lipinski definition) is 0. The number of carbonyl (C=O) groups excluding carboxylic acids is 1. The topological polar surface area (TPSA) is 63.6 Å². The van der Waals surface area contributed by atoms with Crippen LogP contribution in [0.1, 0.15) is 48.9 Å². The number of rotatable bonds is 6. The van der Waals surface area contributed by atoms with Crippen molar-refractivity contribution in [2.24, 2.45) is 5.10 Å². The first-order valence-corrected chi connectivity index (χ1v) is 12.2. The molecule has 0 saturated carbocycles. The zero-order valence-corrected chi connectivity index (χ0v) is 20.0. The maximum absolute atomic E-state index is 13.5. The van der Waals surface area contributed by atoms with E-state index in [1.54, 1.807) is 5.01 Å². The van der Waals surface area contributed by atoms with Gasteiger partial charge >= 0.3 is 0 Å². The molecular formula is C27H33N3O4. The second-order valence-corrected chi connectivity index (χ2v) is 9.26. The molecule has 3 heterocycles. The molecule has 1 atom stereocenters. The summed E-state index contributed by atoms with van der Waals surface area (Å²) >= 11 is 0. The van der Waals surface area contributed by atoms with Crippen LogP contribution in [0.3, 0.4) is 0 Å². The van der Waals surface area contributed by atoms with Gasteiger partial charge in [0.1, 0.15) is 5.75 Å². The lowest BCUT2D eigenvalue weighted by atomic mass is 9.98. The molecule has 0 N–H and O–H groups in total. The summed E-state index contributed by atoms with van der Waals surface area (Å²) in [5.74, 6) is 0.417. The number of hydrazone groups is 1. The Morgan fingerprint density at radius 3 is 2.38 bits per heavy atom. The Labute approximate surface area is 201 Å². The van der Waals surface area contributed by atoms with E-state index in [0.29, 0.717) is 32.8 Å². The van der Waals surface area contributed by atoms with E-state index in [1.807, 2.05) is 31.2 Å². The first kappa shape index (κ1) is 23.0. The van der Waals surface area contributed by atoms with Crippen LogP contribution >= 0.6 is 0 Å². The van der Waals surface area contributed by atoms with Crippen LogP contribution in [-0.2, 0) is 14.3 Å². The van der Waals surface area contributed by atoms with E-state index in [0.717, 1.165) is 48.5 Å². The fraction of sp³-hybridized carbons (Fsp3) is 0.481. The van der Waals surface area contributed by atoms with Crippen molar-refractivity contribution in [2.75, 3.05) is 39.5 Å². The molecule has 0 radical (unpaired) electrons. The summed E-state index contributed by atoms with van der Waals surface area (Å²) in [4.78, 5) is 15.7. The molecule has 2 aromatic carbocycles. The molecule has 2 aromatic rings. The van der Waals surface area contributed by atoms with Gasteiger partial charge < -0.3 is 14.2 Å². The molecule has 7 heteroatoms. The van der Waals surface area contributed by atoms with Crippen LogP contribution in [0, 0.1) is 6.92 Å². The Hall–Kier alpha value is -2.74. The molecule has 180 valence electrons. The van der Waals surface area contributed by atoms with Gasteiger partial charge in [-0.3, -0.25) is 9.69 Å². The Morgan fingerprint density at radius 2 is 1.74 bits per heavy atom. The van der Waals surface area contributed by atoms with E-state index < -0.39 is 5.79 Å². The average Bonchev–Trinajstić information content (AvgIpc) is 3.50. The predicted octanol–water partition coefficient (Wildman–Crippen LogP) is 3.91. The van der Waals surface area contributed by atoms with E-state index in [2.05, 4.69) is 36.1 Å². The molecule has 0 unspecified atom stereocenters. The molecular weight excluding hydrogens is 430 g/mol. The summed E-state index contributed by atoms with van der Waals surface area (Å²) in [6, 6.07) is 16.2. The second-order valence-electron chi connectivity index (χ2n) is 9.26. The summed E-state index contributed by atoms with van der Waals surface area (Å²) in [6.45, 7) is 7.89. The molecule has 2 saturated heterocycles. The van der Waals surface area contributed by atoms with Gasteiger partial charge in [0.05, 0.1) is 38.1 Å². The number of aryl methyl sites for hydroxylation is 1. The van der Waals surface area contributed by atoms with Gasteiger partial charge in [0.25, 0.3) is 5.91 Å². The van der Waals surface area contributed by atoms with Gasteiger partial charge in [0, 0.05) is 32.4 Å². The molecule has 0 bridgehead atoms. The fourth-order valence-electron chi connectivity index (χ4n) is 4.97. The number of amides is 1. The first-order valence-electron chi connectivity index (χ1n) is 12.2. The second kappa shape index (κ2) is 9.86. The smallest absolute Gasteiger partial charge is 0.257 e. The standard InChI is InChI=1S/C27H33N3O4/c1-3-32-23-10-8-22(9-11-23)25-18-24(21-6-4-20(2)5-7-21)28-30(25)26(31)19-29-14-12-27(13-15-29)33-16-17-34-27/h4-11,25H,3,12-19H2,1-2H3/t25-/m1/s1. The molecule has 0 aromatic heterocycles. The van der Waals surface area contributed by atoms with Crippen LogP contribution in [0.2, 0.25) is 0 Å². The number of hydrogen-bond acceptors (Lipinski definition) is 6. The zero-order chi connectivity index (χ0) is 23.5. The molecule has 5 rings (SSSR count). The lowest BCUT2D eigenvalue weighted by Crippen LogP contribution is -2.48. The Balaban J connectivity index is 1.33. The highest BCUT2D eigenvalue weighted by atomic mass is 16.7. The van der Waals surface area contributed by atoms with Crippen molar-refractivity contribution in [2.45, 2.75) is 44.9 Å². The van der Waals surface area contributed by atoms with Gasteiger partial charge in [-0.15, -0.1) is 0 Å². The average molecular weight is 464 g/mol. The minimum atomic E-state index is -0.436. The van der Waals surface area contributed by atoms with Crippen molar-refractivity contribution in [3.8, 4) is 5.75 Å². The number of likely N-dealkylation sites (tertiary alicyclic amines) is 1. The van der Waals surface area contributed by atoms with E-state index in [1.165, 1.54) is 5.56 Å². The summed E-state index contributed by atoms with van der Waals surface area (Å²) in [7, 11) is 0. The number of nitrogens with zero attached hydrogens (tertiary/aromatic N) is 3. The van der Waals surface area contributed by atoms with Crippen molar-refractivity contribution in [3.63, 3.8) is 0 Å². The summed E-state index contributed by atoms with van der Waals surface area (Å²) in [5.41, 5.74) is 4.27. The number of piperidine rings is 1. The van der Waals surface area contributed by atoms with E-state index in [4.69, 9.17) is 19.3 Å². The van der Waals surface area contributed by atoms with Gasteiger partial charge in [0.15, 0.2) is 5.79 Å². The van der Waals surface area contributed by atoms with Gasteiger partial charge in [-0.25, -0.2) is 5.01 Å². The number of benzene rings is 2. The SMILES string of the molecule is CCOc1ccc([C@H]2CC(c3ccc(C)cc3)=NN2C(=O)CN2CCC3(CC2)OCCO3)cc1. The largest absolute Gasteiger partial charge is 0.494 e. The summed E-state index contributed by atoms with van der Waals surface area (Å²) < 4.78 is 17.3. The van der Waals surface area contributed by atoms with Gasteiger partial charge in [-0.2, -0.15) is 5.10 Å². The molecule has 3 aliphatic heterocycles. The number of ether oxygens (including phenoxy) is 3. The molecule has 3 aliphatic rings. The third-order valence-electron chi connectivity index (χ3n) is 6.92. The first-order chi connectivity index (χ1) is 16.5. The van der Waals surface area contributed by atoms with Gasteiger partial charge in [-0.05, 0) is 37.1 Å². The Morgan fingerprint density at radius 1 is 1.06 bits per heavy atom. The maximum Gasteiger partial charge on any atom is 0.257 e. The number of carbonyl (C=O) groups is 1. The van der Waals surface area contributed by atoms with Crippen LogP contribution in [0.4, 0.5) is 0 Å². The maximum atomic E-state index is 13.5. The van der Waals surface area contributed by atoms with Gasteiger partial charge in [-0.1, -0.05) is 42.0 Å². The highest BCUT2D eigenvalue weighted by Crippen LogP contribution is 2.35. The molecule has 2 fully saturated rings. The van der Waals surface area contributed by atoms with E-state index in [9.17, 15) is 4.79 Å². The van der Waals surface area contributed by atoms with Crippen molar-refractivity contribution >= 4 is 11.6 Å². The molecule has 7 nitrogen and oxygen atoms in total. The van der Waals surface area contributed by atoms with Gasteiger partial charge in [0.2, 0.25) is 0 Å². The summed E-state index contributed by atoms with van der Waals surface area (Å²) in [5, 5.41) is 6.53. The highest BCUT2D eigenvalue weighted by molar-refractivity contribution is 6.03. The normalized spacial score (nSPS) is 22.2. The van der Waals surface area contributed by atoms with Crippen LogP contribution in [-0.4, -0.2) is 66.8 Å². The van der Waals surface area contributed by atoms with E-state index >= 15 is 0 Å². The van der Waals surface area contributed by atoms with Crippen molar-refractivity contribution in [1.29, 1.82) is 0 Å². The molecule has 0 aliphatic carbocycles. The van der Waals surface area contributed by atoms with Crippen molar-refractivity contribution in [3.05, 3.63) is 65.2 Å². The zero-order valence-electron chi connectivity index (χ0n) is 20.0. The van der Waals surface area contributed by atoms with Crippen LogP contribution in [0.25, 0.3) is 0 Å². The Kier molecular flexibility index (Phi) is 6.68. The quantitative estimate of drug-likeness (QED) is 0.650. The third-order valence-corrected chi connectivity index (χ3v) is 6.92. The Bertz CT molecular complexity index is 1020. The summed E-state index contributed by atoms with van der Waals surface area (Å²) in [6.07, 6.45) is 2.27. The molecule has 1 amide bonds. The highest BCUT2D eigenvalue weighted by Gasteiger charge is 2.41. The van der Waals surface area contributed by atoms with Crippen LogP contribution in [0.15, 0.2) is 53.6 Å². The molecule has 34 heavy (non-hydrogen) atoms. The predicted molar refractivity (Wildman–Crippen MR) is 130 cm³/mol. The minimum absolute atomic E-state index is 0.0187. The monoisotopic (exact) mass is 463 g/mol. The molecule has 1 spiro atoms. The lowest BCUT2D eigenvalue weighted by Gasteiger charge is -2.37. The van der Waals surface area contributed by atoms with Crippen LogP contribution in [0.5, 0.6) is 5.75 Å². The van der Waals surface area contributed by atoms with Crippen molar-refractivity contribution < 1.29 is 19.0 Å².